The summed E-state index contributed by atoms with van der Waals surface area (Å²) in [6.07, 6.45) is 0.359. The monoisotopic (exact) mass is 448 g/mol. The standard InChI is InChI=1S/C25H25FN4OS/c1-5-24(2,26)17-8-6-15(7-9-17)21-22(31)30(4)23(28)29-25(21,3)18-10-11-20-19(12-18)16(13-27)14-32-20/h6-12,14,21H,5H2,1-4H3,(H2,28,29)/t21-,24?,25+/m0/s1. The Bertz CT molecular complexity index is 1270. The molecule has 2 aromatic carbocycles. The number of thiophene rings is 1. The van der Waals surface area contributed by atoms with E-state index in [1.807, 2.05) is 30.5 Å². The van der Waals surface area contributed by atoms with Gasteiger partial charge in [-0.3, -0.25) is 9.69 Å². The molecule has 7 heteroatoms. The summed E-state index contributed by atoms with van der Waals surface area (Å²) in [6, 6.07) is 15.1. The van der Waals surface area contributed by atoms with Crippen LogP contribution < -0.4 is 5.73 Å². The first-order valence-electron chi connectivity index (χ1n) is 10.5. The largest absolute Gasteiger partial charge is 0.369 e. The molecule has 0 saturated carbocycles. The molecular weight excluding hydrogens is 423 g/mol. The fourth-order valence-electron chi connectivity index (χ4n) is 4.28. The van der Waals surface area contributed by atoms with Gasteiger partial charge in [0.25, 0.3) is 0 Å². The molecule has 1 aromatic heterocycles. The zero-order valence-corrected chi connectivity index (χ0v) is 19.3. The number of amides is 1. The van der Waals surface area contributed by atoms with Crippen molar-refractivity contribution < 1.29 is 9.18 Å². The molecule has 3 atom stereocenters. The molecule has 0 fully saturated rings. The number of likely N-dealkylation sites (N-methyl/N-ethyl adjacent to an activating group) is 1. The van der Waals surface area contributed by atoms with Gasteiger partial charge in [-0.1, -0.05) is 37.3 Å². The SMILES string of the molecule is CCC(C)(F)c1ccc([C@H]2C(=O)N(C)C(N)=N[C@]2(C)c2ccc3scc(C#N)c3c2)cc1. The highest BCUT2D eigenvalue weighted by Crippen LogP contribution is 2.45. The average molecular weight is 449 g/mol. The minimum Gasteiger partial charge on any atom is -0.369 e. The summed E-state index contributed by atoms with van der Waals surface area (Å²) in [5.74, 6) is -0.696. The van der Waals surface area contributed by atoms with Gasteiger partial charge in [0.1, 0.15) is 17.3 Å². The molecule has 1 unspecified atom stereocenters. The number of guanidine groups is 1. The Kier molecular flexibility index (Phi) is 5.30. The number of halogens is 1. The molecule has 1 aliphatic heterocycles. The number of carbonyl (C=O) groups is 1. The van der Waals surface area contributed by atoms with Crippen molar-refractivity contribution in [1.82, 2.24) is 4.90 Å². The summed E-state index contributed by atoms with van der Waals surface area (Å²) < 4.78 is 15.8. The second-order valence-electron chi connectivity index (χ2n) is 8.59. The summed E-state index contributed by atoms with van der Waals surface area (Å²) in [7, 11) is 1.60. The van der Waals surface area contributed by atoms with Crippen LogP contribution >= 0.6 is 11.3 Å². The molecular formula is C25H25FN4OS. The maximum absolute atomic E-state index is 14.8. The van der Waals surface area contributed by atoms with Crippen LogP contribution in [0.1, 0.15) is 55.4 Å². The number of hydrogen-bond donors (Lipinski definition) is 1. The van der Waals surface area contributed by atoms with Gasteiger partial charge < -0.3 is 5.73 Å². The average Bonchev–Trinajstić information content (AvgIpc) is 3.20. The molecule has 0 aliphatic carbocycles. The number of fused-ring (bicyclic) bond motifs is 1. The van der Waals surface area contributed by atoms with Gasteiger partial charge >= 0.3 is 0 Å². The lowest BCUT2D eigenvalue weighted by Gasteiger charge is -2.41. The minimum atomic E-state index is -1.44. The summed E-state index contributed by atoms with van der Waals surface area (Å²) >= 11 is 1.50. The highest BCUT2D eigenvalue weighted by molar-refractivity contribution is 7.17. The van der Waals surface area contributed by atoms with Crippen molar-refractivity contribution in [1.29, 1.82) is 5.26 Å². The Balaban J connectivity index is 1.88. The normalized spacial score (nSPS) is 23.0. The van der Waals surface area contributed by atoms with Crippen LogP contribution in [0, 0.1) is 11.3 Å². The number of carbonyl (C=O) groups excluding carboxylic acids is 1. The number of nitrogens with two attached hydrogens (primary N) is 1. The lowest BCUT2D eigenvalue weighted by Crippen LogP contribution is -2.52. The molecule has 1 aliphatic rings. The van der Waals surface area contributed by atoms with E-state index in [4.69, 9.17) is 10.7 Å². The van der Waals surface area contributed by atoms with E-state index in [0.29, 0.717) is 17.5 Å². The van der Waals surface area contributed by atoms with Crippen molar-refractivity contribution in [3.05, 3.63) is 70.1 Å². The molecule has 164 valence electrons. The van der Waals surface area contributed by atoms with Crippen LogP contribution in [0.4, 0.5) is 4.39 Å². The van der Waals surface area contributed by atoms with Gasteiger partial charge in [0.2, 0.25) is 5.91 Å². The van der Waals surface area contributed by atoms with E-state index in [-0.39, 0.29) is 11.9 Å². The first kappa shape index (κ1) is 22.0. The molecule has 2 heterocycles. The quantitative estimate of drug-likeness (QED) is 0.599. The van der Waals surface area contributed by atoms with E-state index in [0.717, 1.165) is 21.2 Å². The van der Waals surface area contributed by atoms with Gasteiger partial charge in [-0.15, -0.1) is 11.3 Å². The zero-order valence-electron chi connectivity index (χ0n) is 18.5. The van der Waals surface area contributed by atoms with Crippen LogP contribution in [0.15, 0.2) is 52.8 Å². The summed E-state index contributed by atoms with van der Waals surface area (Å²) in [5, 5.41) is 12.1. The molecule has 32 heavy (non-hydrogen) atoms. The molecule has 0 bridgehead atoms. The number of benzene rings is 2. The number of alkyl halides is 1. The Morgan fingerprint density at radius 1 is 1.31 bits per heavy atom. The van der Waals surface area contributed by atoms with Crippen LogP contribution in [0.25, 0.3) is 10.1 Å². The van der Waals surface area contributed by atoms with E-state index >= 15 is 0 Å². The minimum absolute atomic E-state index is 0.138. The molecule has 2 N–H and O–H groups in total. The van der Waals surface area contributed by atoms with E-state index in [2.05, 4.69) is 6.07 Å². The van der Waals surface area contributed by atoms with Crippen LogP contribution in [0.5, 0.6) is 0 Å². The molecule has 0 radical (unpaired) electrons. The number of nitrogens with zero attached hydrogens (tertiary/aromatic N) is 3. The van der Waals surface area contributed by atoms with E-state index in [1.54, 1.807) is 45.2 Å². The van der Waals surface area contributed by atoms with Crippen molar-refractivity contribution in [3.63, 3.8) is 0 Å². The Labute approximate surface area is 191 Å². The van der Waals surface area contributed by atoms with Crippen LogP contribution in [0.3, 0.4) is 0 Å². The molecule has 0 spiro atoms. The number of nitriles is 1. The Morgan fingerprint density at radius 3 is 2.62 bits per heavy atom. The third-order valence-corrected chi connectivity index (χ3v) is 7.58. The third kappa shape index (κ3) is 3.35. The summed E-state index contributed by atoms with van der Waals surface area (Å²) in [6.45, 7) is 5.24. The number of hydrogen-bond acceptors (Lipinski definition) is 5. The Morgan fingerprint density at radius 2 is 2.00 bits per heavy atom. The van der Waals surface area contributed by atoms with Gasteiger partial charge in [-0.2, -0.15) is 5.26 Å². The molecule has 3 aromatic rings. The fraction of sp³-hybridized carbons (Fsp3) is 0.320. The highest BCUT2D eigenvalue weighted by Gasteiger charge is 2.47. The highest BCUT2D eigenvalue weighted by atomic mass is 32.1. The maximum Gasteiger partial charge on any atom is 0.239 e. The zero-order chi connectivity index (χ0) is 23.3. The van der Waals surface area contributed by atoms with Crippen molar-refractivity contribution in [2.75, 3.05) is 7.05 Å². The molecule has 5 nitrogen and oxygen atoms in total. The van der Waals surface area contributed by atoms with Crippen LogP contribution in [-0.4, -0.2) is 23.8 Å². The van der Waals surface area contributed by atoms with Gasteiger partial charge in [0.05, 0.1) is 11.5 Å². The smallest absolute Gasteiger partial charge is 0.239 e. The molecule has 0 saturated heterocycles. The fourth-order valence-corrected chi connectivity index (χ4v) is 5.15. The Hall–Kier alpha value is -3.24. The van der Waals surface area contributed by atoms with Crippen molar-refractivity contribution in [2.45, 2.75) is 44.3 Å². The first-order valence-corrected chi connectivity index (χ1v) is 11.3. The van der Waals surface area contributed by atoms with Crippen LogP contribution in [-0.2, 0) is 16.0 Å². The lowest BCUT2D eigenvalue weighted by atomic mass is 9.74. The van der Waals surface area contributed by atoms with Gasteiger partial charge in [-0.05, 0) is 49.1 Å². The number of aliphatic imine (C=N–C) groups is 1. The van der Waals surface area contributed by atoms with E-state index in [1.165, 1.54) is 16.2 Å². The van der Waals surface area contributed by atoms with Crippen LogP contribution in [0.2, 0.25) is 0 Å². The van der Waals surface area contributed by atoms with Crippen molar-refractivity contribution in [3.8, 4) is 6.07 Å². The molecule has 4 rings (SSSR count). The maximum atomic E-state index is 14.8. The van der Waals surface area contributed by atoms with Crippen molar-refractivity contribution in [2.24, 2.45) is 10.7 Å². The van der Waals surface area contributed by atoms with E-state index in [9.17, 15) is 14.4 Å². The number of rotatable bonds is 4. The summed E-state index contributed by atoms with van der Waals surface area (Å²) in [4.78, 5) is 19.6. The second-order valence-corrected chi connectivity index (χ2v) is 9.50. The predicted molar refractivity (Wildman–Crippen MR) is 126 cm³/mol. The van der Waals surface area contributed by atoms with E-state index < -0.39 is 17.1 Å². The second kappa shape index (κ2) is 7.72. The van der Waals surface area contributed by atoms with Crippen molar-refractivity contribution >= 4 is 33.3 Å². The molecule has 1 amide bonds. The third-order valence-electron chi connectivity index (χ3n) is 6.62. The lowest BCUT2D eigenvalue weighted by molar-refractivity contribution is -0.130. The summed E-state index contributed by atoms with van der Waals surface area (Å²) in [5.41, 5.74) is 6.40. The van der Waals surface area contributed by atoms with Gasteiger partial charge in [0.15, 0.2) is 5.96 Å². The topological polar surface area (TPSA) is 82.5 Å². The first-order chi connectivity index (χ1) is 15.1. The van der Waals surface area contributed by atoms with Gasteiger partial charge in [-0.25, -0.2) is 9.38 Å². The predicted octanol–water partition coefficient (Wildman–Crippen LogP) is 5.15. The van der Waals surface area contributed by atoms with Gasteiger partial charge in [0, 0.05) is 22.5 Å².